The molecule has 0 saturated heterocycles. The molecule has 0 fully saturated rings. The van der Waals surface area contributed by atoms with Crippen LogP contribution in [0.1, 0.15) is 6.92 Å². The van der Waals surface area contributed by atoms with Crippen LogP contribution in [-0.2, 0) is 0 Å². The molecule has 1 aromatic heterocycles. The van der Waals surface area contributed by atoms with Gasteiger partial charge in [0.2, 0.25) is 0 Å². The lowest BCUT2D eigenvalue weighted by atomic mass is 10.3. The molecule has 0 aliphatic carbocycles. The number of hydrogen-bond donors (Lipinski definition) is 0. The van der Waals surface area contributed by atoms with Gasteiger partial charge in [0.15, 0.2) is 5.75 Å². The lowest BCUT2D eigenvalue weighted by molar-refractivity contribution is 0.486. The molecule has 0 saturated carbocycles. The summed E-state index contributed by atoms with van der Waals surface area (Å²) >= 11 is 0. The van der Waals surface area contributed by atoms with Crippen molar-refractivity contribution in [3.8, 4) is 11.5 Å². The Morgan fingerprint density at radius 1 is 1.18 bits per heavy atom. The molecule has 1 aromatic carbocycles. The summed E-state index contributed by atoms with van der Waals surface area (Å²) in [6.45, 7) is 6.17. The second kappa shape index (κ2) is 3.97. The summed E-state index contributed by atoms with van der Waals surface area (Å²) in [4.78, 5) is 4.46. The van der Waals surface area contributed by atoms with E-state index in [0.29, 0.717) is 0 Å². The van der Waals surface area contributed by atoms with Gasteiger partial charge in [0.05, 0.1) is 0 Å². The first-order valence-electron chi connectivity index (χ1n) is 5.45. The average Bonchev–Trinajstić information content (AvgIpc) is 2.35. The highest BCUT2D eigenvalue weighted by Gasteiger charge is 2.28. The van der Waals surface area contributed by atoms with E-state index in [1.54, 1.807) is 0 Å². The van der Waals surface area contributed by atoms with Crippen molar-refractivity contribution in [3.05, 3.63) is 54.5 Å². The van der Waals surface area contributed by atoms with Gasteiger partial charge < -0.3 is 4.74 Å². The van der Waals surface area contributed by atoms with E-state index in [4.69, 9.17) is 4.74 Å². The minimum atomic E-state index is -0.593. The number of para-hydroxylation sites is 1. The highest BCUT2D eigenvalue weighted by molar-refractivity contribution is 7.77. The smallest absolute Gasteiger partial charge is 0.154 e. The third-order valence-corrected chi connectivity index (χ3v) is 5.04. The number of rotatable bonds is 1. The molecule has 3 heteroatoms. The lowest BCUT2D eigenvalue weighted by Gasteiger charge is -2.27. The molecule has 0 N–H and O–H groups in total. The maximum Gasteiger partial charge on any atom is 0.154 e. The zero-order chi connectivity index (χ0) is 11.8. The number of fused-ring (bicyclic) bond motifs is 2. The molecule has 1 aliphatic heterocycles. The average molecular weight is 241 g/mol. The Morgan fingerprint density at radius 3 is 2.76 bits per heavy atom. The van der Waals surface area contributed by atoms with Crippen molar-refractivity contribution >= 4 is 18.7 Å². The summed E-state index contributed by atoms with van der Waals surface area (Å²) in [5, 5.41) is 2.36. The number of benzene rings is 1. The highest BCUT2D eigenvalue weighted by Crippen LogP contribution is 2.49. The van der Waals surface area contributed by atoms with E-state index in [2.05, 4.69) is 24.6 Å². The number of hydrogen-bond acceptors (Lipinski definition) is 2. The van der Waals surface area contributed by atoms with E-state index in [9.17, 15) is 0 Å². The highest BCUT2D eigenvalue weighted by atomic mass is 31.1. The van der Waals surface area contributed by atoms with E-state index >= 15 is 0 Å². The maximum absolute atomic E-state index is 5.87. The van der Waals surface area contributed by atoms with Crippen LogP contribution >= 0.6 is 7.92 Å². The summed E-state index contributed by atoms with van der Waals surface area (Å²) in [5.41, 5.74) is 1.02. The van der Waals surface area contributed by atoms with Gasteiger partial charge in [-0.1, -0.05) is 24.8 Å². The summed E-state index contributed by atoms with van der Waals surface area (Å²) in [5.74, 6) is 1.79. The van der Waals surface area contributed by atoms with E-state index in [1.165, 1.54) is 5.30 Å². The Morgan fingerprint density at radius 2 is 1.94 bits per heavy atom. The fourth-order valence-corrected chi connectivity index (χ4v) is 4.08. The van der Waals surface area contributed by atoms with Crippen LogP contribution in [0, 0.1) is 0 Å². The summed E-state index contributed by atoms with van der Waals surface area (Å²) in [6.07, 6.45) is 1.81. The van der Waals surface area contributed by atoms with Crippen LogP contribution < -0.4 is 15.5 Å². The quantitative estimate of drug-likeness (QED) is 0.715. The van der Waals surface area contributed by atoms with E-state index in [1.807, 2.05) is 36.5 Å². The molecule has 2 heterocycles. The van der Waals surface area contributed by atoms with Gasteiger partial charge >= 0.3 is 0 Å². The molecule has 3 rings (SSSR count). The Balaban J connectivity index is 2.24. The van der Waals surface area contributed by atoms with Gasteiger partial charge in [0.1, 0.15) is 11.2 Å². The third kappa shape index (κ3) is 1.65. The van der Waals surface area contributed by atoms with E-state index in [0.717, 1.165) is 22.2 Å². The monoisotopic (exact) mass is 241 g/mol. The van der Waals surface area contributed by atoms with Crippen molar-refractivity contribution < 1.29 is 4.74 Å². The SMILES string of the molecule is C=C(C)P1c2ccccc2Oc2cccnc21. The largest absolute Gasteiger partial charge is 0.454 e. The topological polar surface area (TPSA) is 22.1 Å². The van der Waals surface area contributed by atoms with Crippen LogP contribution in [0.5, 0.6) is 11.5 Å². The number of pyridine rings is 1. The van der Waals surface area contributed by atoms with Crippen LogP contribution in [0.15, 0.2) is 54.5 Å². The van der Waals surface area contributed by atoms with Gasteiger partial charge in [-0.05, 0) is 30.4 Å². The van der Waals surface area contributed by atoms with Crippen LogP contribution in [0.3, 0.4) is 0 Å². The number of aromatic nitrogens is 1. The van der Waals surface area contributed by atoms with Gasteiger partial charge in [0.25, 0.3) is 0 Å². The van der Waals surface area contributed by atoms with Crippen LogP contribution in [0.4, 0.5) is 0 Å². The zero-order valence-corrected chi connectivity index (χ0v) is 10.4. The second-order valence-electron chi connectivity index (χ2n) is 3.97. The summed E-state index contributed by atoms with van der Waals surface area (Å²) in [6, 6.07) is 12.0. The van der Waals surface area contributed by atoms with E-state index in [-0.39, 0.29) is 0 Å². The Bertz CT molecular complexity index is 549. The van der Waals surface area contributed by atoms with E-state index < -0.39 is 7.92 Å². The molecular weight excluding hydrogens is 229 g/mol. The van der Waals surface area contributed by atoms with Crippen LogP contribution in [-0.4, -0.2) is 4.98 Å². The molecule has 1 atom stereocenters. The van der Waals surface area contributed by atoms with Crippen molar-refractivity contribution in [3.63, 3.8) is 0 Å². The first-order valence-corrected chi connectivity index (χ1v) is 6.79. The van der Waals surface area contributed by atoms with Crippen LogP contribution in [0.2, 0.25) is 0 Å². The molecule has 1 aliphatic rings. The summed E-state index contributed by atoms with van der Waals surface area (Å²) in [7, 11) is -0.593. The Labute approximate surface area is 102 Å². The van der Waals surface area contributed by atoms with Gasteiger partial charge in [-0.2, -0.15) is 0 Å². The van der Waals surface area contributed by atoms with Gasteiger partial charge in [0, 0.05) is 19.4 Å². The minimum absolute atomic E-state index is 0.593. The standard InChI is InChI=1S/C14H12NOP/c1-10(2)17-13-8-4-3-6-11(13)16-12-7-5-9-15-14(12)17/h3-9H,1H2,2H3. The van der Waals surface area contributed by atoms with Gasteiger partial charge in [-0.15, -0.1) is 0 Å². The first kappa shape index (κ1) is 10.5. The predicted octanol–water partition coefficient (Wildman–Crippen LogP) is 3.15. The fourth-order valence-electron chi connectivity index (χ4n) is 1.98. The molecule has 2 nitrogen and oxygen atoms in total. The van der Waals surface area contributed by atoms with Crippen molar-refractivity contribution in [1.82, 2.24) is 4.98 Å². The van der Waals surface area contributed by atoms with Crippen LogP contribution in [0.25, 0.3) is 0 Å². The molecule has 0 bridgehead atoms. The number of nitrogens with zero attached hydrogens (tertiary/aromatic N) is 1. The fraction of sp³-hybridized carbons (Fsp3) is 0.0714. The van der Waals surface area contributed by atoms with Gasteiger partial charge in [-0.25, -0.2) is 0 Å². The molecule has 1 unspecified atom stereocenters. The maximum atomic E-state index is 5.87. The normalized spacial score (nSPS) is 16.6. The molecule has 17 heavy (non-hydrogen) atoms. The number of allylic oxidation sites excluding steroid dienone is 1. The molecular formula is C14H12NOP. The molecule has 0 amide bonds. The van der Waals surface area contributed by atoms with Gasteiger partial charge in [-0.3, -0.25) is 4.98 Å². The van der Waals surface area contributed by atoms with Crippen molar-refractivity contribution in [2.75, 3.05) is 0 Å². The first-order chi connectivity index (χ1) is 8.27. The predicted molar refractivity (Wildman–Crippen MR) is 71.8 cm³/mol. The molecule has 0 radical (unpaired) electrons. The zero-order valence-electron chi connectivity index (χ0n) is 9.55. The lowest BCUT2D eigenvalue weighted by Crippen LogP contribution is -2.23. The molecule has 0 spiro atoms. The Kier molecular flexibility index (Phi) is 2.45. The van der Waals surface area contributed by atoms with Crippen molar-refractivity contribution in [2.45, 2.75) is 6.92 Å². The molecule has 84 valence electrons. The second-order valence-corrected chi connectivity index (χ2v) is 6.31. The summed E-state index contributed by atoms with van der Waals surface area (Å²) < 4.78 is 5.87. The Hall–Kier alpha value is -1.66. The van der Waals surface area contributed by atoms with Crippen molar-refractivity contribution in [1.29, 1.82) is 0 Å². The molecule has 2 aromatic rings. The third-order valence-electron chi connectivity index (χ3n) is 2.67. The number of ether oxygens (including phenoxy) is 1. The van der Waals surface area contributed by atoms with Crippen molar-refractivity contribution in [2.24, 2.45) is 0 Å². The minimum Gasteiger partial charge on any atom is -0.454 e.